The molecular formula is C16H15ClN2O3. The van der Waals surface area contributed by atoms with Crippen LogP contribution in [0.15, 0.2) is 48.5 Å². The van der Waals surface area contributed by atoms with Crippen molar-refractivity contribution in [1.29, 1.82) is 0 Å². The zero-order valence-corrected chi connectivity index (χ0v) is 12.6. The highest BCUT2D eigenvalue weighted by Crippen LogP contribution is 2.15. The number of hydrogen-bond donors (Lipinski definition) is 2. The average Bonchev–Trinajstić information content (AvgIpc) is 2.47. The monoisotopic (exact) mass is 318 g/mol. The second kappa shape index (κ2) is 6.95. The molecule has 2 aromatic carbocycles. The molecule has 0 aromatic heterocycles. The van der Waals surface area contributed by atoms with Crippen LogP contribution >= 0.6 is 11.6 Å². The molecule has 22 heavy (non-hydrogen) atoms. The Morgan fingerprint density at radius 2 is 1.86 bits per heavy atom. The summed E-state index contributed by atoms with van der Waals surface area (Å²) in [6, 6.07) is 13.0. The highest BCUT2D eigenvalue weighted by atomic mass is 35.5. The van der Waals surface area contributed by atoms with E-state index in [0.717, 1.165) is 0 Å². The van der Waals surface area contributed by atoms with E-state index in [1.165, 1.54) is 6.92 Å². The van der Waals surface area contributed by atoms with E-state index in [9.17, 15) is 9.59 Å². The number of esters is 1. The molecule has 0 fully saturated rings. The van der Waals surface area contributed by atoms with Crippen molar-refractivity contribution in [3.63, 3.8) is 0 Å². The summed E-state index contributed by atoms with van der Waals surface area (Å²) in [5.41, 5.74) is 6.96. The average molecular weight is 319 g/mol. The maximum atomic E-state index is 12.0. The van der Waals surface area contributed by atoms with Crippen LogP contribution in [0, 0.1) is 0 Å². The van der Waals surface area contributed by atoms with Gasteiger partial charge in [0.05, 0.1) is 5.56 Å². The van der Waals surface area contributed by atoms with Gasteiger partial charge >= 0.3 is 5.97 Å². The van der Waals surface area contributed by atoms with Crippen LogP contribution in [0.25, 0.3) is 0 Å². The Labute approximate surface area is 133 Å². The Bertz CT molecular complexity index is 686. The Hall–Kier alpha value is -2.53. The summed E-state index contributed by atoms with van der Waals surface area (Å²) in [5, 5.41) is 3.13. The molecule has 0 aliphatic carbocycles. The minimum Gasteiger partial charge on any atom is -0.449 e. The number of hydrogen-bond acceptors (Lipinski definition) is 4. The van der Waals surface area contributed by atoms with Crippen LogP contribution in [0.5, 0.6) is 0 Å². The minimum atomic E-state index is -0.941. The fraction of sp³-hybridized carbons (Fsp3) is 0.125. The molecule has 0 heterocycles. The van der Waals surface area contributed by atoms with E-state index in [1.54, 1.807) is 48.5 Å². The number of nitrogens with two attached hydrogens (primary N) is 1. The quantitative estimate of drug-likeness (QED) is 0.670. The van der Waals surface area contributed by atoms with Gasteiger partial charge in [-0.25, -0.2) is 4.79 Å². The summed E-state index contributed by atoms with van der Waals surface area (Å²) in [5.74, 6) is -1.03. The summed E-state index contributed by atoms with van der Waals surface area (Å²) < 4.78 is 5.12. The van der Waals surface area contributed by atoms with Gasteiger partial charge in [0.15, 0.2) is 6.10 Å². The number of nitrogens with one attached hydrogen (secondary N) is 1. The lowest BCUT2D eigenvalue weighted by atomic mass is 10.2. The van der Waals surface area contributed by atoms with E-state index in [4.69, 9.17) is 22.1 Å². The standard InChI is InChI=1S/C16H15ClN2O3/c1-10(15(20)19-14-4-2-3-12(17)9-14)22-16(21)11-5-7-13(18)8-6-11/h2-10H,18H2,1H3,(H,19,20)/t10-/m0/s1. The highest BCUT2D eigenvalue weighted by Gasteiger charge is 2.19. The lowest BCUT2D eigenvalue weighted by Gasteiger charge is -2.13. The fourth-order valence-corrected chi connectivity index (χ4v) is 1.90. The molecule has 1 amide bonds. The van der Waals surface area contributed by atoms with Gasteiger partial charge in [-0.05, 0) is 49.4 Å². The number of halogens is 1. The van der Waals surface area contributed by atoms with Crippen molar-refractivity contribution in [2.24, 2.45) is 0 Å². The van der Waals surface area contributed by atoms with Gasteiger partial charge in [0.25, 0.3) is 5.91 Å². The molecule has 0 saturated carbocycles. The Kier molecular flexibility index (Phi) is 5.01. The molecule has 0 unspecified atom stereocenters. The van der Waals surface area contributed by atoms with Crippen molar-refractivity contribution in [3.8, 4) is 0 Å². The summed E-state index contributed by atoms with van der Waals surface area (Å²) in [7, 11) is 0. The largest absolute Gasteiger partial charge is 0.449 e. The summed E-state index contributed by atoms with van der Waals surface area (Å²) in [6.07, 6.45) is -0.941. The topological polar surface area (TPSA) is 81.4 Å². The molecule has 1 atom stereocenters. The van der Waals surface area contributed by atoms with Gasteiger partial charge in [-0.15, -0.1) is 0 Å². The van der Waals surface area contributed by atoms with E-state index in [1.807, 2.05) is 0 Å². The smallest absolute Gasteiger partial charge is 0.338 e. The molecular weight excluding hydrogens is 304 g/mol. The minimum absolute atomic E-state index is 0.330. The molecule has 114 valence electrons. The van der Waals surface area contributed by atoms with Crippen LogP contribution < -0.4 is 11.1 Å². The second-order valence-electron chi connectivity index (χ2n) is 4.67. The van der Waals surface area contributed by atoms with E-state index >= 15 is 0 Å². The van der Waals surface area contributed by atoms with Gasteiger partial charge in [0.1, 0.15) is 0 Å². The zero-order valence-electron chi connectivity index (χ0n) is 11.9. The summed E-state index contributed by atoms with van der Waals surface area (Å²) in [6.45, 7) is 1.50. The number of benzene rings is 2. The van der Waals surface area contributed by atoms with E-state index in [-0.39, 0.29) is 0 Å². The first-order valence-electron chi connectivity index (χ1n) is 6.58. The lowest BCUT2D eigenvalue weighted by Crippen LogP contribution is -2.30. The van der Waals surface area contributed by atoms with Gasteiger partial charge in [-0.3, -0.25) is 4.79 Å². The van der Waals surface area contributed by atoms with Gasteiger partial charge in [0.2, 0.25) is 0 Å². The van der Waals surface area contributed by atoms with Crippen molar-refractivity contribution in [3.05, 3.63) is 59.1 Å². The Morgan fingerprint density at radius 1 is 1.18 bits per heavy atom. The molecule has 3 N–H and O–H groups in total. The van der Waals surface area contributed by atoms with Gasteiger partial charge in [-0.1, -0.05) is 17.7 Å². The molecule has 0 aliphatic rings. The number of rotatable bonds is 4. The van der Waals surface area contributed by atoms with Gasteiger partial charge in [-0.2, -0.15) is 0 Å². The number of amides is 1. The van der Waals surface area contributed by atoms with Crippen molar-refractivity contribution in [2.45, 2.75) is 13.0 Å². The van der Waals surface area contributed by atoms with Crippen LogP contribution in [0.4, 0.5) is 11.4 Å². The molecule has 0 spiro atoms. The van der Waals surface area contributed by atoms with Gasteiger partial charge < -0.3 is 15.8 Å². The molecule has 6 heteroatoms. The van der Waals surface area contributed by atoms with Crippen molar-refractivity contribution < 1.29 is 14.3 Å². The molecule has 0 saturated heterocycles. The van der Waals surface area contributed by atoms with Crippen LogP contribution in [0.2, 0.25) is 5.02 Å². The highest BCUT2D eigenvalue weighted by molar-refractivity contribution is 6.30. The molecule has 5 nitrogen and oxygen atoms in total. The predicted octanol–water partition coefficient (Wildman–Crippen LogP) is 3.11. The summed E-state index contributed by atoms with van der Waals surface area (Å²) in [4.78, 5) is 23.9. The van der Waals surface area contributed by atoms with Crippen LogP contribution in [-0.2, 0) is 9.53 Å². The maximum absolute atomic E-state index is 12.0. The van der Waals surface area contributed by atoms with Crippen LogP contribution in [0.1, 0.15) is 17.3 Å². The lowest BCUT2D eigenvalue weighted by molar-refractivity contribution is -0.123. The van der Waals surface area contributed by atoms with E-state index < -0.39 is 18.0 Å². The molecule has 0 bridgehead atoms. The number of nitrogen functional groups attached to an aromatic ring is 1. The van der Waals surface area contributed by atoms with E-state index in [0.29, 0.717) is 22.0 Å². The van der Waals surface area contributed by atoms with Crippen molar-refractivity contribution in [1.82, 2.24) is 0 Å². The molecule has 2 rings (SSSR count). The summed E-state index contributed by atoms with van der Waals surface area (Å²) >= 11 is 5.84. The third kappa shape index (κ3) is 4.23. The third-order valence-corrected chi connectivity index (χ3v) is 3.13. The SMILES string of the molecule is C[C@H](OC(=O)c1ccc(N)cc1)C(=O)Nc1cccc(Cl)c1. The molecule has 0 aliphatic heterocycles. The number of carbonyl (C=O) groups excluding carboxylic acids is 2. The number of carbonyl (C=O) groups is 2. The first-order valence-corrected chi connectivity index (χ1v) is 6.96. The Balaban J connectivity index is 1.96. The molecule has 0 radical (unpaired) electrons. The third-order valence-electron chi connectivity index (χ3n) is 2.89. The first-order chi connectivity index (χ1) is 10.5. The number of anilines is 2. The Morgan fingerprint density at radius 3 is 2.50 bits per heavy atom. The number of ether oxygens (including phenoxy) is 1. The van der Waals surface area contributed by atoms with Crippen molar-refractivity contribution >= 4 is 34.9 Å². The van der Waals surface area contributed by atoms with E-state index in [2.05, 4.69) is 5.32 Å². The fourth-order valence-electron chi connectivity index (χ4n) is 1.71. The van der Waals surface area contributed by atoms with Crippen LogP contribution in [0.3, 0.4) is 0 Å². The van der Waals surface area contributed by atoms with Gasteiger partial charge in [0, 0.05) is 16.4 Å². The maximum Gasteiger partial charge on any atom is 0.338 e. The molecule has 2 aromatic rings. The predicted molar refractivity (Wildman–Crippen MR) is 85.8 cm³/mol. The van der Waals surface area contributed by atoms with Crippen LogP contribution in [-0.4, -0.2) is 18.0 Å². The second-order valence-corrected chi connectivity index (χ2v) is 5.11. The zero-order chi connectivity index (χ0) is 16.1. The first kappa shape index (κ1) is 15.9. The normalized spacial score (nSPS) is 11.5. The van der Waals surface area contributed by atoms with Crippen molar-refractivity contribution in [2.75, 3.05) is 11.1 Å².